The summed E-state index contributed by atoms with van der Waals surface area (Å²) in [6, 6.07) is 4.58. The molecule has 191 valence electrons. The normalized spacial score (nSPS) is 7.03. The minimum absolute atomic E-state index is 0. The molecule has 0 unspecified atom stereocenters. The molecule has 0 aliphatic rings. The Morgan fingerprint density at radius 2 is 0.667 bits per heavy atom. The summed E-state index contributed by atoms with van der Waals surface area (Å²) in [5.74, 6) is 0. The van der Waals surface area contributed by atoms with Crippen LogP contribution in [0.4, 0.5) is 11.4 Å². The monoisotopic (exact) mass is 539 g/mol. The zero-order chi connectivity index (χ0) is 22.3. The van der Waals surface area contributed by atoms with Crippen molar-refractivity contribution in [3.8, 4) is 0 Å². The fourth-order valence-corrected chi connectivity index (χ4v) is 1.05. The van der Waals surface area contributed by atoms with Crippen molar-refractivity contribution in [1.29, 1.82) is 0 Å². The molecule has 0 bridgehead atoms. The quantitative estimate of drug-likeness (QED) is 0.117. The van der Waals surface area contributed by atoms with Gasteiger partial charge in [0, 0.05) is 0 Å². The molecule has 2 aromatic rings. The number of hydrogen-bond donors (Lipinski definition) is 0. The molecule has 0 aliphatic carbocycles. The number of nitrogens with zero attached hydrogens (tertiary/aromatic N) is 6. The molecule has 0 amide bonds. The summed E-state index contributed by atoms with van der Waals surface area (Å²) in [5, 5.41) is 70.2. The van der Waals surface area contributed by atoms with Gasteiger partial charge in [0.05, 0.1) is 44.3 Å². The van der Waals surface area contributed by atoms with E-state index in [1.807, 2.05) is 0 Å². The molecule has 1 radical (unpaired) electrons. The largest absolute Gasteiger partial charge is 2.00 e. The molecule has 22 nitrogen and oxygen atoms in total. The molecular formula is C10H20CoN6O16+4. The van der Waals surface area contributed by atoms with Gasteiger partial charge in [-0.1, -0.05) is 0 Å². The fraction of sp³-hybridized carbons (Fsp3) is 0. The molecule has 0 spiro atoms. The summed E-state index contributed by atoms with van der Waals surface area (Å²) in [4.78, 5) is 35.4. The van der Waals surface area contributed by atoms with Crippen LogP contribution in [0.2, 0.25) is 0 Å². The number of pyridine rings is 2. The van der Waals surface area contributed by atoms with Gasteiger partial charge in [0.1, 0.15) is 0 Å². The molecule has 12 N–H and O–H groups in total. The van der Waals surface area contributed by atoms with E-state index in [2.05, 4.69) is 0 Å². The number of hydrogen-bond acceptors (Lipinski definition) is 12. The SMILES string of the molecule is O=[N+]([O-])[O-].O=[N+]([O-])[O-].O=[N+]([O-])c1cc[n+]([O-])cc1.O=[N+]([O-])c1cc[n+]([O-])cc1.[Co+2].[OH3+].[OH3+].[OH3+].[OH3+]. The van der Waals surface area contributed by atoms with E-state index in [1.165, 1.54) is 0 Å². The first-order valence-electron chi connectivity index (χ1n) is 6.16. The van der Waals surface area contributed by atoms with E-state index in [4.69, 9.17) is 30.6 Å². The Morgan fingerprint density at radius 1 is 0.515 bits per heavy atom. The van der Waals surface area contributed by atoms with Gasteiger partial charge in [-0.25, -0.2) is 0 Å². The Balaban J connectivity index is -0.0000000560. The van der Waals surface area contributed by atoms with Crippen LogP contribution in [-0.2, 0) is 38.7 Å². The maximum atomic E-state index is 10.3. The molecule has 0 aromatic carbocycles. The van der Waals surface area contributed by atoms with Gasteiger partial charge in [-0.3, -0.25) is 20.2 Å². The van der Waals surface area contributed by atoms with Crippen molar-refractivity contribution in [3.05, 3.63) is 110 Å². The van der Waals surface area contributed by atoms with Crippen LogP contribution in [0, 0.1) is 61.3 Å². The predicted octanol–water partition coefficient (Wildman–Crippen LogP) is -3.71. The second kappa shape index (κ2) is 25.5. The van der Waals surface area contributed by atoms with Crippen LogP contribution in [0.15, 0.2) is 49.1 Å². The third kappa shape index (κ3) is 32.3. The molecule has 0 aliphatic heterocycles. The third-order valence-corrected chi connectivity index (χ3v) is 1.99. The zero-order valence-electron chi connectivity index (χ0n) is 15.8. The van der Waals surface area contributed by atoms with Crippen LogP contribution in [0.25, 0.3) is 0 Å². The van der Waals surface area contributed by atoms with E-state index in [0.29, 0.717) is 9.46 Å². The van der Waals surface area contributed by atoms with Crippen molar-refractivity contribution in [3.63, 3.8) is 0 Å². The first-order chi connectivity index (χ1) is 12.9. The van der Waals surface area contributed by atoms with Gasteiger partial charge < -0.3 is 63.0 Å². The number of nitro groups is 2. The standard InChI is InChI=1S/2C5H4N2O3.Co.2NO3.4H2O/c2*8-6-3-1-5(2-4-6)7(9)10;;2*2-1(3)4;;;;/h2*1-4H;;;;4*1H2/q;;+2;2*-1;;;;/p+4. The van der Waals surface area contributed by atoms with Gasteiger partial charge in [0.2, 0.25) is 0 Å². The van der Waals surface area contributed by atoms with Crippen LogP contribution in [0.3, 0.4) is 0 Å². The van der Waals surface area contributed by atoms with Crippen molar-refractivity contribution in [2.75, 3.05) is 0 Å². The summed E-state index contributed by atoms with van der Waals surface area (Å²) in [6.45, 7) is 0. The molecule has 33 heavy (non-hydrogen) atoms. The van der Waals surface area contributed by atoms with Crippen molar-refractivity contribution in [1.82, 2.24) is 0 Å². The van der Waals surface area contributed by atoms with E-state index in [0.717, 1.165) is 49.1 Å². The van der Waals surface area contributed by atoms with Gasteiger partial charge in [0.25, 0.3) is 11.4 Å². The summed E-state index contributed by atoms with van der Waals surface area (Å²) >= 11 is 0. The van der Waals surface area contributed by atoms with Crippen molar-refractivity contribution < 1.29 is 68.2 Å². The van der Waals surface area contributed by atoms with Gasteiger partial charge in [-0.15, -0.1) is 0 Å². The minimum atomic E-state index is -1.75. The maximum absolute atomic E-state index is 10.3. The number of aromatic nitrogens is 2. The fourth-order valence-electron chi connectivity index (χ4n) is 1.05. The molecular weight excluding hydrogens is 519 g/mol. The maximum Gasteiger partial charge on any atom is 2.00 e. The van der Waals surface area contributed by atoms with Crippen molar-refractivity contribution >= 4 is 11.4 Å². The van der Waals surface area contributed by atoms with Gasteiger partial charge >= 0.3 is 16.8 Å². The molecule has 0 fully saturated rings. The van der Waals surface area contributed by atoms with Crippen LogP contribution >= 0.6 is 0 Å². The van der Waals surface area contributed by atoms with Crippen LogP contribution < -0.4 is 9.46 Å². The van der Waals surface area contributed by atoms with Crippen LogP contribution in [0.1, 0.15) is 0 Å². The van der Waals surface area contributed by atoms with Crippen LogP contribution in [0.5, 0.6) is 0 Å². The Morgan fingerprint density at radius 3 is 0.788 bits per heavy atom. The third-order valence-electron chi connectivity index (χ3n) is 1.99. The minimum Gasteiger partial charge on any atom is -0.619 e. The second-order valence-corrected chi connectivity index (χ2v) is 3.79. The Kier molecular flexibility index (Phi) is 36.0. The van der Waals surface area contributed by atoms with Gasteiger partial charge in [-0.05, 0) is 0 Å². The van der Waals surface area contributed by atoms with Gasteiger partial charge in [-0.2, -0.15) is 9.46 Å². The van der Waals surface area contributed by atoms with E-state index in [-0.39, 0.29) is 50.1 Å². The topological polar surface area (TPSA) is 405 Å². The number of rotatable bonds is 2. The summed E-state index contributed by atoms with van der Waals surface area (Å²) in [7, 11) is 0. The molecule has 23 heteroatoms. The summed E-state index contributed by atoms with van der Waals surface area (Å²) in [6.07, 6.45) is 4.33. The van der Waals surface area contributed by atoms with Crippen LogP contribution in [-0.4, -0.2) is 20.0 Å². The molecule has 0 atom stereocenters. The average Bonchev–Trinajstić information content (AvgIpc) is 2.55. The average molecular weight is 539 g/mol. The summed E-state index contributed by atoms with van der Waals surface area (Å²) < 4.78 is 0.986. The zero-order valence-corrected chi connectivity index (χ0v) is 16.9. The molecule has 2 aromatic heterocycles. The van der Waals surface area contributed by atoms with E-state index in [1.54, 1.807) is 0 Å². The first kappa shape index (κ1) is 46.6. The first-order valence-corrected chi connectivity index (χ1v) is 6.16. The van der Waals surface area contributed by atoms with E-state index in [9.17, 15) is 30.6 Å². The van der Waals surface area contributed by atoms with E-state index >= 15 is 0 Å². The summed E-state index contributed by atoms with van der Waals surface area (Å²) in [5.41, 5.74) is -0.154. The Hall–Kier alpha value is -4.55. The van der Waals surface area contributed by atoms with E-state index < -0.39 is 20.0 Å². The van der Waals surface area contributed by atoms with Crippen molar-refractivity contribution in [2.45, 2.75) is 0 Å². The molecule has 0 saturated carbocycles. The molecule has 0 saturated heterocycles. The predicted molar refractivity (Wildman–Crippen MR) is 104 cm³/mol. The van der Waals surface area contributed by atoms with Crippen molar-refractivity contribution in [2.24, 2.45) is 0 Å². The Bertz CT molecular complexity index is 716. The van der Waals surface area contributed by atoms with Gasteiger partial charge in [0.15, 0.2) is 24.8 Å². The smallest absolute Gasteiger partial charge is 0.619 e. The Labute approximate surface area is 190 Å². The molecule has 2 rings (SSSR count). The second-order valence-electron chi connectivity index (χ2n) is 3.79. The molecule has 2 heterocycles.